The lowest BCUT2D eigenvalue weighted by Crippen LogP contribution is -2.35. The van der Waals surface area contributed by atoms with Crippen molar-refractivity contribution >= 4 is 15.7 Å². The van der Waals surface area contributed by atoms with E-state index in [1.165, 1.54) is 6.07 Å². The summed E-state index contributed by atoms with van der Waals surface area (Å²) in [6.45, 7) is 1.71. The van der Waals surface area contributed by atoms with Gasteiger partial charge in [0.2, 0.25) is 5.76 Å². The van der Waals surface area contributed by atoms with E-state index in [2.05, 4.69) is 10.5 Å². The van der Waals surface area contributed by atoms with E-state index in [0.29, 0.717) is 12.1 Å². The largest absolute Gasteiger partial charge is 0.351 e. The number of aryl methyl sites for hydroxylation is 1. The standard InChI is InChI=1S/C9H12N2O4S/c1-6-4-8(15-11-6)9(12)10-7-2-3-16(13,14)5-7/h4,7H,2-3,5H2,1H3,(H,10,12)/t7-/m1/s1. The first-order valence-corrected chi connectivity index (χ1v) is 6.73. The Labute approximate surface area is 92.9 Å². The van der Waals surface area contributed by atoms with Crippen LogP contribution in [0.5, 0.6) is 0 Å². The molecule has 0 aromatic carbocycles. The van der Waals surface area contributed by atoms with E-state index in [0.717, 1.165) is 0 Å². The molecule has 1 saturated heterocycles. The number of hydrogen-bond acceptors (Lipinski definition) is 5. The highest BCUT2D eigenvalue weighted by Gasteiger charge is 2.29. The van der Waals surface area contributed by atoms with Crippen molar-refractivity contribution in [2.45, 2.75) is 19.4 Å². The minimum atomic E-state index is -2.98. The molecule has 1 atom stereocenters. The van der Waals surface area contributed by atoms with Crippen LogP contribution in [0.4, 0.5) is 0 Å². The molecule has 1 amide bonds. The zero-order chi connectivity index (χ0) is 11.8. The Hall–Kier alpha value is -1.37. The van der Waals surface area contributed by atoms with Gasteiger partial charge in [-0.1, -0.05) is 5.16 Å². The molecule has 0 spiro atoms. The van der Waals surface area contributed by atoms with Crippen LogP contribution in [-0.2, 0) is 9.84 Å². The first-order valence-electron chi connectivity index (χ1n) is 4.91. The minimum absolute atomic E-state index is 0.00581. The van der Waals surface area contributed by atoms with E-state index in [1.807, 2.05) is 0 Å². The van der Waals surface area contributed by atoms with Crippen molar-refractivity contribution in [3.63, 3.8) is 0 Å². The van der Waals surface area contributed by atoms with Gasteiger partial charge in [-0.15, -0.1) is 0 Å². The molecule has 2 rings (SSSR count). The molecule has 0 unspecified atom stereocenters. The highest BCUT2D eigenvalue weighted by Crippen LogP contribution is 2.12. The Balaban J connectivity index is 1.99. The Morgan fingerprint density at radius 2 is 2.38 bits per heavy atom. The molecule has 0 aliphatic carbocycles. The number of hydrogen-bond donors (Lipinski definition) is 1. The molecule has 1 aliphatic heterocycles. The molecule has 16 heavy (non-hydrogen) atoms. The molecule has 6 nitrogen and oxygen atoms in total. The zero-order valence-corrected chi connectivity index (χ0v) is 9.58. The van der Waals surface area contributed by atoms with E-state index in [9.17, 15) is 13.2 Å². The van der Waals surface area contributed by atoms with E-state index >= 15 is 0 Å². The predicted molar refractivity (Wildman–Crippen MR) is 55.8 cm³/mol. The average Bonchev–Trinajstić information content (AvgIpc) is 2.73. The van der Waals surface area contributed by atoms with Gasteiger partial charge in [0.1, 0.15) is 0 Å². The summed E-state index contributed by atoms with van der Waals surface area (Å²) in [5.41, 5.74) is 0.615. The molecular weight excluding hydrogens is 232 g/mol. The minimum Gasteiger partial charge on any atom is -0.351 e. The van der Waals surface area contributed by atoms with Gasteiger partial charge in [0, 0.05) is 12.1 Å². The predicted octanol–water partition coefficient (Wildman–Crippen LogP) is -0.100. The fourth-order valence-corrected chi connectivity index (χ4v) is 3.31. The van der Waals surface area contributed by atoms with E-state index < -0.39 is 15.7 Å². The number of aromatic nitrogens is 1. The molecular formula is C9H12N2O4S. The van der Waals surface area contributed by atoms with Crippen LogP contribution in [0.3, 0.4) is 0 Å². The third-order valence-corrected chi connectivity index (χ3v) is 4.19. The molecule has 7 heteroatoms. The van der Waals surface area contributed by atoms with Crippen molar-refractivity contribution in [1.29, 1.82) is 0 Å². The molecule has 1 fully saturated rings. The smallest absolute Gasteiger partial charge is 0.290 e. The van der Waals surface area contributed by atoms with Crippen LogP contribution in [0.25, 0.3) is 0 Å². The van der Waals surface area contributed by atoms with Gasteiger partial charge in [-0.25, -0.2) is 8.42 Å². The maximum absolute atomic E-state index is 11.6. The molecule has 1 aromatic heterocycles. The maximum Gasteiger partial charge on any atom is 0.290 e. The molecule has 1 aliphatic rings. The summed E-state index contributed by atoms with van der Waals surface area (Å²) in [6.07, 6.45) is 0.460. The highest BCUT2D eigenvalue weighted by atomic mass is 32.2. The molecule has 0 saturated carbocycles. The summed E-state index contributed by atoms with van der Waals surface area (Å²) in [6, 6.07) is 1.20. The first kappa shape index (κ1) is 11.1. The van der Waals surface area contributed by atoms with Gasteiger partial charge in [-0.05, 0) is 13.3 Å². The van der Waals surface area contributed by atoms with Crippen LogP contribution in [0.1, 0.15) is 22.7 Å². The third kappa shape index (κ3) is 2.41. The number of nitrogens with one attached hydrogen (secondary N) is 1. The van der Waals surface area contributed by atoms with Gasteiger partial charge in [0.15, 0.2) is 9.84 Å². The summed E-state index contributed by atoms with van der Waals surface area (Å²) in [4.78, 5) is 11.6. The molecule has 0 bridgehead atoms. The zero-order valence-electron chi connectivity index (χ0n) is 8.76. The van der Waals surface area contributed by atoms with Gasteiger partial charge in [0.05, 0.1) is 17.2 Å². The third-order valence-electron chi connectivity index (χ3n) is 2.42. The quantitative estimate of drug-likeness (QED) is 0.784. The highest BCUT2D eigenvalue weighted by molar-refractivity contribution is 7.91. The van der Waals surface area contributed by atoms with Gasteiger partial charge in [-0.3, -0.25) is 4.79 Å². The van der Waals surface area contributed by atoms with Crippen molar-refractivity contribution in [3.05, 3.63) is 17.5 Å². The lowest BCUT2D eigenvalue weighted by atomic mass is 10.2. The lowest BCUT2D eigenvalue weighted by Gasteiger charge is -2.07. The Bertz CT molecular complexity index is 505. The molecule has 0 radical (unpaired) electrons. The number of carbonyl (C=O) groups is 1. The topological polar surface area (TPSA) is 89.3 Å². The van der Waals surface area contributed by atoms with Crippen molar-refractivity contribution in [2.24, 2.45) is 0 Å². The van der Waals surface area contributed by atoms with Crippen molar-refractivity contribution in [2.75, 3.05) is 11.5 Å². The van der Waals surface area contributed by atoms with Crippen LogP contribution in [0, 0.1) is 6.92 Å². The van der Waals surface area contributed by atoms with Crippen LogP contribution < -0.4 is 5.32 Å². The number of rotatable bonds is 2. The van der Waals surface area contributed by atoms with Gasteiger partial charge < -0.3 is 9.84 Å². The maximum atomic E-state index is 11.6. The van der Waals surface area contributed by atoms with Crippen molar-refractivity contribution in [1.82, 2.24) is 10.5 Å². The molecule has 88 valence electrons. The summed E-state index contributed by atoms with van der Waals surface area (Å²) in [7, 11) is -2.98. The fourth-order valence-electron chi connectivity index (χ4n) is 1.64. The van der Waals surface area contributed by atoms with Gasteiger partial charge >= 0.3 is 0 Å². The van der Waals surface area contributed by atoms with Crippen LogP contribution in [-0.4, -0.2) is 37.0 Å². The second-order valence-corrected chi connectivity index (χ2v) is 6.13. The van der Waals surface area contributed by atoms with E-state index in [4.69, 9.17) is 4.52 Å². The second kappa shape index (κ2) is 3.89. The molecule has 1 N–H and O–H groups in total. The first-order chi connectivity index (χ1) is 7.46. The number of carbonyl (C=O) groups excluding carboxylic acids is 1. The summed E-state index contributed by atoms with van der Waals surface area (Å²) < 4.78 is 27.1. The monoisotopic (exact) mass is 244 g/mol. The number of amides is 1. The summed E-state index contributed by atoms with van der Waals surface area (Å²) in [5, 5.41) is 6.20. The van der Waals surface area contributed by atoms with Crippen LogP contribution in [0.2, 0.25) is 0 Å². The van der Waals surface area contributed by atoms with E-state index in [-0.39, 0.29) is 23.3 Å². The van der Waals surface area contributed by atoms with E-state index in [1.54, 1.807) is 6.92 Å². The summed E-state index contributed by atoms with van der Waals surface area (Å²) in [5.74, 6) is -0.163. The normalized spacial score (nSPS) is 23.2. The lowest BCUT2D eigenvalue weighted by molar-refractivity contribution is 0.0904. The number of nitrogens with zero attached hydrogens (tertiary/aromatic N) is 1. The Morgan fingerprint density at radius 1 is 1.62 bits per heavy atom. The fraction of sp³-hybridized carbons (Fsp3) is 0.556. The number of sulfone groups is 1. The van der Waals surface area contributed by atoms with Crippen molar-refractivity contribution < 1.29 is 17.7 Å². The molecule has 2 heterocycles. The van der Waals surface area contributed by atoms with Crippen molar-refractivity contribution in [3.8, 4) is 0 Å². The SMILES string of the molecule is Cc1cc(C(=O)N[C@@H]2CCS(=O)(=O)C2)on1. The van der Waals surface area contributed by atoms with Gasteiger partial charge in [-0.2, -0.15) is 0 Å². The molecule has 1 aromatic rings. The van der Waals surface area contributed by atoms with Gasteiger partial charge in [0.25, 0.3) is 5.91 Å². The van der Waals surface area contributed by atoms with Crippen LogP contribution >= 0.6 is 0 Å². The summed E-state index contributed by atoms with van der Waals surface area (Å²) >= 11 is 0. The van der Waals surface area contributed by atoms with Crippen LogP contribution in [0.15, 0.2) is 10.6 Å². The second-order valence-electron chi connectivity index (χ2n) is 3.91. The Morgan fingerprint density at radius 3 is 2.88 bits per heavy atom. The Kier molecular flexibility index (Phi) is 2.71. The average molecular weight is 244 g/mol.